The van der Waals surface area contributed by atoms with Crippen LogP contribution in [0.15, 0.2) is 46.2 Å². The molecule has 1 saturated heterocycles. The molecule has 0 bridgehead atoms. The van der Waals surface area contributed by atoms with Crippen molar-refractivity contribution in [3.8, 4) is 0 Å². The van der Waals surface area contributed by atoms with Gasteiger partial charge in [0, 0.05) is 45.3 Å². The average molecular weight is 461 g/mol. The SMILES string of the molecule is Cl.Cn1c(=O)c2c(ncn2CCCN2CCC(NC(=O)c3ccccc3)CC2)n(C)c1=O. The van der Waals surface area contributed by atoms with Gasteiger partial charge in [0.15, 0.2) is 11.2 Å². The van der Waals surface area contributed by atoms with Crippen LogP contribution in [0.1, 0.15) is 29.6 Å². The molecule has 0 radical (unpaired) electrons. The number of carbonyl (C=O) groups excluding carboxylic acids is 1. The van der Waals surface area contributed by atoms with E-state index >= 15 is 0 Å². The highest BCUT2D eigenvalue weighted by Crippen LogP contribution is 2.13. The zero-order valence-electron chi connectivity index (χ0n) is 18.4. The molecule has 0 aliphatic carbocycles. The number of likely N-dealkylation sites (tertiary alicyclic amines) is 1. The summed E-state index contributed by atoms with van der Waals surface area (Å²) >= 11 is 0. The second-order valence-corrected chi connectivity index (χ2v) is 8.12. The highest BCUT2D eigenvalue weighted by molar-refractivity contribution is 5.94. The Balaban J connectivity index is 0.00000289. The van der Waals surface area contributed by atoms with Gasteiger partial charge in [-0.25, -0.2) is 9.78 Å². The van der Waals surface area contributed by atoms with Crippen LogP contribution in [0.25, 0.3) is 11.2 Å². The Kier molecular flexibility index (Phi) is 7.52. The summed E-state index contributed by atoms with van der Waals surface area (Å²) in [6.45, 7) is 3.43. The van der Waals surface area contributed by atoms with Gasteiger partial charge in [0.1, 0.15) is 0 Å². The maximum atomic E-state index is 12.5. The Hall–Kier alpha value is -2.91. The number of imidazole rings is 1. The molecule has 3 heterocycles. The minimum atomic E-state index is -0.370. The summed E-state index contributed by atoms with van der Waals surface area (Å²) in [6.07, 6.45) is 4.36. The second kappa shape index (κ2) is 10.1. The number of nitrogens with one attached hydrogen (secondary N) is 1. The van der Waals surface area contributed by atoms with Crippen LogP contribution in [-0.4, -0.2) is 55.2 Å². The molecule has 1 N–H and O–H groups in total. The summed E-state index contributed by atoms with van der Waals surface area (Å²) in [6, 6.07) is 9.50. The Morgan fingerprint density at radius 1 is 1.06 bits per heavy atom. The molecule has 1 amide bonds. The van der Waals surface area contributed by atoms with E-state index in [1.54, 1.807) is 13.4 Å². The fourth-order valence-electron chi connectivity index (χ4n) is 4.19. The first-order valence-electron chi connectivity index (χ1n) is 10.6. The molecule has 1 fully saturated rings. The van der Waals surface area contributed by atoms with Crippen molar-refractivity contribution < 1.29 is 4.79 Å². The molecule has 0 saturated carbocycles. The van der Waals surface area contributed by atoms with Crippen LogP contribution in [0.5, 0.6) is 0 Å². The third-order valence-corrected chi connectivity index (χ3v) is 6.05. The quantitative estimate of drug-likeness (QED) is 0.595. The molecular weight excluding hydrogens is 432 g/mol. The van der Waals surface area contributed by atoms with Gasteiger partial charge in [-0.3, -0.25) is 18.7 Å². The second-order valence-electron chi connectivity index (χ2n) is 8.12. The number of halogens is 1. The number of nitrogens with zero attached hydrogens (tertiary/aromatic N) is 5. The van der Waals surface area contributed by atoms with Crippen molar-refractivity contribution in [2.24, 2.45) is 14.1 Å². The van der Waals surface area contributed by atoms with Gasteiger partial charge in [0.2, 0.25) is 0 Å². The molecule has 9 nitrogen and oxygen atoms in total. The van der Waals surface area contributed by atoms with E-state index in [0.29, 0.717) is 23.3 Å². The Morgan fingerprint density at radius 2 is 1.75 bits per heavy atom. The molecule has 3 aromatic rings. The fraction of sp³-hybridized carbons (Fsp3) is 0.455. The highest BCUT2D eigenvalue weighted by atomic mass is 35.5. The number of hydrogen-bond donors (Lipinski definition) is 1. The van der Waals surface area contributed by atoms with Gasteiger partial charge in [-0.15, -0.1) is 12.4 Å². The number of hydrogen-bond acceptors (Lipinski definition) is 5. The highest BCUT2D eigenvalue weighted by Gasteiger charge is 2.21. The maximum Gasteiger partial charge on any atom is 0.332 e. The molecule has 0 atom stereocenters. The van der Waals surface area contributed by atoms with Gasteiger partial charge in [-0.2, -0.15) is 0 Å². The van der Waals surface area contributed by atoms with E-state index in [1.165, 1.54) is 11.6 Å². The molecule has 32 heavy (non-hydrogen) atoms. The van der Waals surface area contributed by atoms with Crippen LogP contribution in [0.2, 0.25) is 0 Å². The standard InChI is InChI=1S/C22H28N6O3.ClH/c1-25-19-18(21(30)26(2)22(25)31)28(15-23-19)12-6-11-27-13-9-17(10-14-27)24-20(29)16-7-4-3-5-8-16;/h3-5,7-8,15,17H,6,9-14H2,1-2H3,(H,24,29);1H. The molecule has 1 aliphatic heterocycles. The smallest absolute Gasteiger partial charge is 0.332 e. The van der Waals surface area contributed by atoms with Gasteiger partial charge in [0.25, 0.3) is 11.5 Å². The van der Waals surface area contributed by atoms with Crippen molar-refractivity contribution in [1.82, 2.24) is 28.9 Å². The third kappa shape index (κ3) is 4.78. The monoisotopic (exact) mass is 460 g/mol. The predicted octanol–water partition coefficient (Wildman–Crippen LogP) is 1.14. The van der Waals surface area contributed by atoms with Crippen LogP contribution < -0.4 is 16.6 Å². The van der Waals surface area contributed by atoms with Gasteiger partial charge in [-0.1, -0.05) is 18.2 Å². The summed E-state index contributed by atoms with van der Waals surface area (Å²) in [5.41, 5.74) is 0.895. The number of rotatable bonds is 6. The van der Waals surface area contributed by atoms with Crippen molar-refractivity contribution in [3.63, 3.8) is 0 Å². The van der Waals surface area contributed by atoms with Crippen LogP contribution in [-0.2, 0) is 20.6 Å². The first-order chi connectivity index (χ1) is 15.0. The van der Waals surface area contributed by atoms with Crippen molar-refractivity contribution >= 4 is 29.5 Å². The van der Waals surface area contributed by atoms with E-state index in [-0.39, 0.29) is 35.6 Å². The number of amides is 1. The average Bonchev–Trinajstić information content (AvgIpc) is 3.22. The molecule has 0 spiro atoms. The molecule has 10 heteroatoms. The summed E-state index contributed by atoms with van der Waals surface area (Å²) in [4.78, 5) is 43.5. The van der Waals surface area contributed by atoms with Crippen LogP contribution in [0, 0.1) is 0 Å². The molecule has 172 valence electrons. The first kappa shape index (κ1) is 23.7. The van der Waals surface area contributed by atoms with Crippen molar-refractivity contribution in [3.05, 3.63) is 63.1 Å². The molecule has 4 rings (SSSR count). The molecule has 0 unspecified atom stereocenters. The lowest BCUT2D eigenvalue weighted by Crippen LogP contribution is -2.45. The van der Waals surface area contributed by atoms with E-state index in [1.807, 2.05) is 34.9 Å². The largest absolute Gasteiger partial charge is 0.349 e. The number of carbonyl (C=O) groups is 1. The lowest BCUT2D eigenvalue weighted by molar-refractivity contribution is 0.0910. The normalized spacial score (nSPS) is 14.9. The lowest BCUT2D eigenvalue weighted by atomic mass is 10.0. The minimum Gasteiger partial charge on any atom is -0.349 e. The maximum absolute atomic E-state index is 12.5. The third-order valence-electron chi connectivity index (χ3n) is 6.05. The lowest BCUT2D eigenvalue weighted by Gasteiger charge is -2.32. The molecule has 1 aliphatic rings. The number of benzene rings is 1. The van der Waals surface area contributed by atoms with Gasteiger partial charge in [0.05, 0.1) is 6.33 Å². The van der Waals surface area contributed by atoms with Crippen LogP contribution in [0.3, 0.4) is 0 Å². The molecule has 2 aromatic heterocycles. The topological polar surface area (TPSA) is 94.2 Å². The van der Waals surface area contributed by atoms with E-state index in [2.05, 4.69) is 15.2 Å². The fourth-order valence-corrected chi connectivity index (χ4v) is 4.19. The van der Waals surface area contributed by atoms with Crippen molar-refractivity contribution in [1.29, 1.82) is 0 Å². The van der Waals surface area contributed by atoms with Crippen LogP contribution >= 0.6 is 12.4 Å². The number of aromatic nitrogens is 4. The summed E-state index contributed by atoms with van der Waals surface area (Å²) in [5, 5.41) is 3.13. The number of fused-ring (bicyclic) bond motifs is 1. The predicted molar refractivity (Wildman–Crippen MR) is 125 cm³/mol. The summed E-state index contributed by atoms with van der Waals surface area (Å²) in [7, 11) is 3.12. The Labute approximate surface area is 192 Å². The molecule has 1 aromatic carbocycles. The zero-order chi connectivity index (χ0) is 22.0. The van der Waals surface area contributed by atoms with E-state index in [9.17, 15) is 14.4 Å². The summed E-state index contributed by atoms with van der Waals surface area (Å²) in [5.74, 6) is -0.0120. The number of aryl methyl sites for hydroxylation is 2. The van der Waals surface area contributed by atoms with Gasteiger partial charge >= 0.3 is 5.69 Å². The van der Waals surface area contributed by atoms with E-state index in [0.717, 1.165) is 43.5 Å². The minimum absolute atomic E-state index is 0. The Bertz CT molecular complexity index is 1190. The van der Waals surface area contributed by atoms with Gasteiger partial charge < -0.3 is 14.8 Å². The molecular formula is C22H29ClN6O3. The van der Waals surface area contributed by atoms with Gasteiger partial charge in [-0.05, 0) is 37.9 Å². The van der Waals surface area contributed by atoms with Crippen LogP contribution in [0.4, 0.5) is 0 Å². The first-order valence-corrected chi connectivity index (χ1v) is 10.6. The summed E-state index contributed by atoms with van der Waals surface area (Å²) < 4.78 is 4.36. The van der Waals surface area contributed by atoms with Crippen molar-refractivity contribution in [2.45, 2.75) is 31.8 Å². The van der Waals surface area contributed by atoms with Crippen molar-refractivity contribution in [2.75, 3.05) is 19.6 Å². The van der Waals surface area contributed by atoms with E-state index < -0.39 is 0 Å². The zero-order valence-corrected chi connectivity index (χ0v) is 19.2. The number of piperidine rings is 1. The van der Waals surface area contributed by atoms with E-state index in [4.69, 9.17) is 0 Å². The Morgan fingerprint density at radius 3 is 2.44 bits per heavy atom.